The molecule has 0 aliphatic rings. The van der Waals surface area contributed by atoms with Crippen molar-refractivity contribution >= 4 is 17.6 Å². The van der Waals surface area contributed by atoms with Crippen LogP contribution in [0.2, 0.25) is 0 Å². The van der Waals surface area contributed by atoms with Gasteiger partial charge in [0.1, 0.15) is 6.54 Å². The van der Waals surface area contributed by atoms with Gasteiger partial charge in [0, 0.05) is 13.2 Å². The lowest BCUT2D eigenvalue weighted by molar-refractivity contribution is -0.157. The van der Waals surface area contributed by atoms with Crippen LogP contribution in [-0.2, 0) is 4.79 Å². The van der Waals surface area contributed by atoms with Crippen molar-refractivity contribution in [2.24, 2.45) is 0 Å². The molecule has 0 fully saturated rings. The van der Waals surface area contributed by atoms with Crippen molar-refractivity contribution in [1.82, 2.24) is 15.2 Å². The predicted molar refractivity (Wildman–Crippen MR) is 65.0 cm³/mol. The Morgan fingerprint density at radius 1 is 1.40 bits per heavy atom. The monoisotopic (exact) mass is 290 g/mol. The molecule has 1 aromatic rings. The fourth-order valence-corrected chi connectivity index (χ4v) is 1.26. The highest BCUT2D eigenvalue weighted by Crippen LogP contribution is 2.15. The van der Waals surface area contributed by atoms with Crippen LogP contribution < -0.4 is 10.6 Å². The third-order valence-corrected chi connectivity index (χ3v) is 2.16. The Morgan fingerprint density at radius 2 is 2.10 bits per heavy atom. The number of urea groups is 1. The van der Waals surface area contributed by atoms with Crippen LogP contribution in [0.3, 0.4) is 0 Å². The fourth-order valence-electron chi connectivity index (χ4n) is 1.26. The minimum Gasteiger partial charge on any atom is -0.335 e. The highest BCUT2D eigenvalue weighted by molar-refractivity contribution is 5.92. The summed E-state index contributed by atoms with van der Waals surface area (Å²) < 4.78 is 36.2. The second kappa shape index (κ2) is 6.73. The lowest BCUT2D eigenvalue weighted by Gasteiger charge is -2.19. The van der Waals surface area contributed by atoms with Crippen LogP contribution in [0.4, 0.5) is 23.7 Å². The largest absolute Gasteiger partial charge is 0.406 e. The van der Waals surface area contributed by atoms with Gasteiger partial charge in [-0.15, -0.1) is 0 Å². The zero-order valence-electron chi connectivity index (χ0n) is 10.6. The van der Waals surface area contributed by atoms with Crippen LogP contribution in [0, 0.1) is 0 Å². The van der Waals surface area contributed by atoms with Gasteiger partial charge in [-0.1, -0.05) is 0 Å². The zero-order valence-corrected chi connectivity index (χ0v) is 10.6. The Hall–Kier alpha value is -2.32. The first-order chi connectivity index (χ1) is 9.28. The number of carbonyl (C=O) groups is 2. The molecule has 6 nitrogen and oxygen atoms in total. The maximum absolute atomic E-state index is 12.1. The minimum absolute atomic E-state index is 0.404. The Labute approximate surface area is 113 Å². The molecule has 2 N–H and O–H groups in total. The van der Waals surface area contributed by atoms with Crippen molar-refractivity contribution in [1.29, 1.82) is 0 Å². The average Bonchev–Trinajstić information content (AvgIpc) is 2.35. The molecule has 20 heavy (non-hydrogen) atoms. The van der Waals surface area contributed by atoms with E-state index in [1.54, 1.807) is 12.1 Å². The number of halogens is 3. The number of aromatic nitrogens is 1. The molecule has 0 aliphatic heterocycles. The molecule has 3 amide bonds. The summed E-state index contributed by atoms with van der Waals surface area (Å²) in [4.78, 5) is 27.0. The number of carbonyl (C=O) groups excluding carboxylic acids is 2. The minimum atomic E-state index is -4.47. The molecule has 0 saturated carbocycles. The van der Waals surface area contributed by atoms with E-state index in [1.165, 1.54) is 12.4 Å². The molecule has 0 spiro atoms. The third kappa shape index (κ3) is 6.03. The van der Waals surface area contributed by atoms with Crippen LogP contribution in [0.5, 0.6) is 0 Å². The summed E-state index contributed by atoms with van der Waals surface area (Å²) in [5, 5.41) is 4.54. The number of alkyl halides is 3. The van der Waals surface area contributed by atoms with E-state index in [2.05, 4.69) is 15.6 Å². The van der Waals surface area contributed by atoms with Gasteiger partial charge in [0.2, 0.25) is 5.91 Å². The molecule has 110 valence electrons. The molecular weight excluding hydrogens is 277 g/mol. The fraction of sp³-hybridized carbons (Fsp3) is 0.364. The lowest BCUT2D eigenvalue weighted by Crippen LogP contribution is -2.43. The normalized spacial score (nSPS) is 10.8. The van der Waals surface area contributed by atoms with Crippen molar-refractivity contribution in [2.45, 2.75) is 6.18 Å². The SMILES string of the molecule is CN(CC(F)(F)F)C(=O)CNC(=O)Nc1cccnc1. The summed E-state index contributed by atoms with van der Waals surface area (Å²) in [5.74, 6) is -0.844. The average molecular weight is 290 g/mol. The first-order valence-electron chi connectivity index (χ1n) is 5.53. The molecule has 0 bridgehead atoms. The standard InChI is InChI=1S/C11H13F3N4O2/c1-18(7-11(12,13)14)9(19)6-16-10(20)17-8-3-2-4-15-5-8/h2-5H,6-7H2,1H3,(H2,16,17,20). The molecule has 0 aliphatic carbocycles. The molecule has 1 aromatic heterocycles. The zero-order chi connectivity index (χ0) is 15.2. The molecule has 9 heteroatoms. The number of hydrogen-bond acceptors (Lipinski definition) is 3. The summed E-state index contributed by atoms with van der Waals surface area (Å²) >= 11 is 0. The smallest absolute Gasteiger partial charge is 0.335 e. The van der Waals surface area contributed by atoms with Crippen molar-refractivity contribution in [3.05, 3.63) is 24.5 Å². The topological polar surface area (TPSA) is 74.3 Å². The Balaban J connectivity index is 2.35. The summed E-state index contributed by atoms with van der Waals surface area (Å²) in [5.41, 5.74) is 0.404. The Bertz CT molecular complexity index is 464. The summed E-state index contributed by atoms with van der Waals surface area (Å²) in [6.45, 7) is -1.89. The lowest BCUT2D eigenvalue weighted by atomic mass is 10.4. The Morgan fingerprint density at radius 3 is 2.65 bits per heavy atom. The van der Waals surface area contributed by atoms with Crippen molar-refractivity contribution < 1.29 is 22.8 Å². The van der Waals surface area contributed by atoms with Gasteiger partial charge in [-0.25, -0.2) is 4.79 Å². The molecular formula is C11H13F3N4O2. The van der Waals surface area contributed by atoms with E-state index in [0.29, 0.717) is 10.6 Å². The predicted octanol–water partition coefficient (Wildman–Crippen LogP) is 1.22. The van der Waals surface area contributed by atoms with Gasteiger partial charge in [-0.3, -0.25) is 9.78 Å². The number of amides is 3. The van der Waals surface area contributed by atoms with Crippen LogP contribution in [-0.4, -0.2) is 48.1 Å². The first kappa shape index (κ1) is 15.7. The van der Waals surface area contributed by atoms with Crippen molar-refractivity contribution in [2.75, 3.05) is 25.5 Å². The first-order valence-corrected chi connectivity index (χ1v) is 5.53. The number of nitrogens with zero attached hydrogens (tertiary/aromatic N) is 2. The Kier molecular flexibility index (Phi) is 5.30. The van der Waals surface area contributed by atoms with E-state index in [4.69, 9.17) is 0 Å². The van der Waals surface area contributed by atoms with E-state index in [9.17, 15) is 22.8 Å². The van der Waals surface area contributed by atoms with Crippen molar-refractivity contribution in [3.8, 4) is 0 Å². The molecule has 0 atom stereocenters. The second-order valence-corrected chi connectivity index (χ2v) is 3.91. The van der Waals surface area contributed by atoms with Crippen LogP contribution in [0.15, 0.2) is 24.5 Å². The summed E-state index contributed by atoms with van der Waals surface area (Å²) in [6, 6.07) is 2.47. The number of pyridine rings is 1. The van der Waals surface area contributed by atoms with E-state index >= 15 is 0 Å². The maximum atomic E-state index is 12.1. The number of hydrogen-bond donors (Lipinski definition) is 2. The van der Waals surface area contributed by atoms with Gasteiger partial charge in [-0.05, 0) is 12.1 Å². The van der Waals surface area contributed by atoms with Gasteiger partial charge in [0.15, 0.2) is 0 Å². The van der Waals surface area contributed by atoms with Gasteiger partial charge in [-0.2, -0.15) is 13.2 Å². The molecule has 0 radical (unpaired) electrons. The molecule has 0 saturated heterocycles. The highest BCUT2D eigenvalue weighted by Gasteiger charge is 2.31. The van der Waals surface area contributed by atoms with E-state index in [0.717, 1.165) is 7.05 Å². The van der Waals surface area contributed by atoms with E-state index < -0.39 is 31.2 Å². The number of anilines is 1. The molecule has 0 aromatic carbocycles. The van der Waals surface area contributed by atoms with Gasteiger partial charge in [0.05, 0.1) is 18.4 Å². The summed E-state index contributed by atoms with van der Waals surface area (Å²) in [6.07, 6.45) is -1.57. The van der Waals surface area contributed by atoms with Crippen LogP contribution in [0.25, 0.3) is 0 Å². The van der Waals surface area contributed by atoms with Gasteiger partial charge < -0.3 is 15.5 Å². The van der Waals surface area contributed by atoms with Gasteiger partial charge >= 0.3 is 12.2 Å². The highest BCUT2D eigenvalue weighted by atomic mass is 19.4. The summed E-state index contributed by atoms with van der Waals surface area (Å²) in [7, 11) is 1.01. The van der Waals surface area contributed by atoms with E-state index in [-0.39, 0.29) is 0 Å². The van der Waals surface area contributed by atoms with Gasteiger partial charge in [0.25, 0.3) is 0 Å². The molecule has 0 unspecified atom stereocenters. The third-order valence-electron chi connectivity index (χ3n) is 2.16. The number of rotatable bonds is 4. The van der Waals surface area contributed by atoms with Crippen LogP contribution >= 0.6 is 0 Å². The maximum Gasteiger partial charge on any atom is 0.406 e. The molecule has 1 heterocycles. The second-order valence-electron chi connectivity index (χ2n) is 3.91. The number of nitrogens with one attached hydrogen (secondary N) is 2. The van der Waals surface area contributed by atoms with Crippen molar-refractivity contribution in [3.63, 3.8) is 0 Å². The number of likely N-dealkylation sites (N-methyl/N-ethyl adjacent to an activating group) is 1. The van der Waals surface area contributed by atoms with Crippen LogP contribution in [0.1, 0.15) is 0 Å². The quantitative estimate of drug-likeness (QED) is 0.875. The molecule has 1 rings (SSSR count). The van der Waals surface area contributed by atoms with E-state index in [1.807, 2.05) is 0 Å².